The number of methoxy groups -OCH3 is 1. The largest absolute Gasteiger partial charge is 0.477 e. The van der Waals surface area contributed by atoms with Crippen LogP contribution in [0.25, 0.3) is 0 Å². The van der Waals surface area contributed by atoms with E-state index in [2.05, 4.69) is 5.32 Å². The van der Waals surface area contributed by atoms with Crippen LogP contribution in [0.5, 0.6) is 5.75 Å². The quantitative estimate of drug-likeness (QED) is 0.314. The Morgan fingerprint density at radius 1 is 1.48 bits per heavy atom. The van der Waals surface area contributed by atoms with E-state index in [-0.39, 0.29) is 23.6 Å². The molecule has 1 rings (SSSR count). The Morgan fingerprint density at radius 3 is 2.86 bits per heavy atom. The molecule has 1 aromatic rings. The van der Waals surface area contributed by atoms with Gasteiger partial charge in [-0.1, -0.05) is 0 Å². The van der Waals surface area contributed by atoms with Gasteiger partial charge in [0.2, 0.25) is 0 Å². The number of nitro groups is 1. The van der Waals surface area contributed by atoms with Gasteiger partial charge in [-0.2, -0.15) is 0 Å². The van der Waals surface area contributed by atoms with Crippen LogP contribution < -0.4 is 10.1 Å². The molecule has 8 nitrogen and oxygen atoms in total. The van der Waals surface area contributed by atoms with Gasteiger partial charge in [0.25, 0.3) is 5.91 Å². The van der Waals surface area contributed by atoms with Crippen LogP contribution in [0.3, 0.4) is 0 Å². The number of nitrogens with zero attached hydrogens (tertiary/aromatic N) is 1. The molecule has 0 aliphatic carbocycles. The van der Waals surface area contributed by atoms with Crippen LogP contribution in [0.1, 0.15) is 16.8 Å². The molecule has 8 heteroatoms. The van der Waals surface area contributed by atoms with Crippen molar-refractivity contribution >= 4 is 17.9 Å². The minimum Gasteiger partial charge on any atom is -0.477 e. The van der Waals surface area contributed by atoms with Crippen molar-refractivity contribution in [3.05, 3.63) is 33.9 Å². The molecule has 0 spiro atoms. The van der Waals surface area contributed by atoms with Crippen LogP contribution >= 0.6 is 0 Å². The van der Waals surface area contributed by atoms with E-state index in [0.717, 1.165) is 6.07 Å². The number of rotatable bonds is 9. The van der Waals surface area contributed by atoms with Gasteiger partial charge in [0.05, 0.1) is 4.92 Å². The lowest BCUT2D eigenvalue weighted by atomic mass is 10.2. The summed E-state index contributed by atoms with van der Waals surface area (Å²) in [7, 11) is 1.56. The number of ether oxygens (including phenoxy) is 2. The van der Waals surface area contributed by atoms with Crippen molar-refractivity contribution in [1.82, 2.24) is 5.32 Å². The first-order valence-corrected chi connectivity index (χ1v) is 6.20. The molecular weight excluding hydrogens is 280 g/mol. The summed E-state index contributed by atoms with van der Waals surface area (Å²) in [5.74, 6) is -0.520. The maximum Gasteiger partial charge on any atom is 0.310 e. The van der Waals surface area contributed by atoms with E-state index in [4.69, 9.17) is 9.47 Å². The molecule has 0 bridgehead atoms. The molecule has 0 saturated carbocycles. The Bertz CT molecular complexity index is 517. The highest BCUT2D eigenvalue weighted by molar-refractivity contribution is 5.79. The highest BCUT2D eigenvalue weighted by Gasteiger charge is 2.16. The number of nitrogens with one attached hydrogen (secondary N) is 1. The Hall–Kier alpha value is -2.48. The molecule has 1 N–H and O–H groups in total. The number of nitro benzene ring substituents is 1. The van der Waals surface area contributed by atoms with E-state index in [0.29, 0.717) is 25.9 Å². The van der Waals surface area contributed by atoms with Crippen LogP contribution in [0.4, 0.5) is 5.69 Å². The fourth-order valence-electron chi connectivity index (χ4n) is 1.51. The standard InChI is InChI=1S/C13H16N2O6/c1-20-6-2-5-14-13(17)9-21-12-7-10(8-16)3-4-11(12)15(18)19/h3-4,7-8H,2,5-6,9H2,1H3,(H,14,17). The first kappa shape index (κ1) is 16.6. The maximum atomic E-state index is 11.5. The lowest BCUT2D eigenvalue weighted by Crippen LogP contribution is -2.30. The lowest BCUT2D eigenvalue weighted by Gasteiger charge is -2.08. The van der Waals surface area contributed by atoms with Gasteiger partial charge in [-0.05, 0) is 18.6 Å². The van der Waals surface area contributed by atoms with Gasteiger partial charge in [0.1, 0.15) is 6.29 Å². The van der Waals surface area contributed by atoms with Crippen LogP contribution in [-0.4, -0.2) is 44.0 Å². The number of carbonyl (C=O) groups is 2. The summed E-state index contributed by atoms with van der Waals surface area (Å²) in [6.45, 7) is 0.580. The summed E-state index contributed by atoms with van der Waals surface area (Å²) < 4.78 is 9.95. The summed E-state index contributed by atoms with van der Waals surface area (Å²) in [6, 6.07) is 3.70. The molecule has 1 aromatic carbocycles. The van der Waals surface area contributed by atoms with E-state index in [1.165, 1.54) is 12.1 Å². The summed E-state index contributed by atoms with van der Waals surface area (Å²) >= 11 is 0. The van der Waals surface area contributed by atoms with Crippen molar-refractivity contribution in [2.75, 3.05) is 26.9 Å². The van der Waals surface area contributed by atoms with Gasteiger partial charge < -0.3 is 14.8 Å². The Morgan fingerprint density at radius 2 is 2.24 bits per heavy atom. The van der Waals surface area contributed by atoms with Crippen LogP contribution in [0.2, 0.25) is 0 Å². The van der Waals surface area contributed by atoms with Crippen molar-refractivity contribution in [3.8, 4) is 5.75 Å². The molecule has 0 fully saturated rings. The third-order valence-corrected chi connectivity index (χ3v) is 2.52. The van der Waals surface area contributed by atoms with Gasteiger partial charge in [-0.15, -0.1) is 0 Å². The minimum atomic E-state index is -0.638. The van der Waals surface area contributed by atoms with Gasteiger partial charge >= 0.3 is 5.69 Å². The first-order valence-electron chi connectivity index (χ1n) is 6.20. The van der Waals surface area contributed by atoms with E-state index in [1.54, 1.807) is 7.11 Å². The first-order chi connectivity index (χ1) is 10.1. The zero-order valence-corrected chi connectivity index (χ0v) is 11.5. The molecule has 0 aromatic heterocycles. The van der Waals surface area contributed by atoms with E-state index >= 15 is 0 Å². The smallest absolute Gasteiger partial charge is 0.310 e. The lowest BCUT2D eigenvalue weighted by molar-refractivity contribution is -0.385. The highest BCUT2D eigenvalue weighted by Crippen LogP contribution is 2.27. The Balaban J connectivity index is 2.59. The fourth-order valence-corrected chi connectivity index (χ4v) is 1.51. The number of amides is 1. The molecule has 21 heavy (non-hydrogen) atoms. The zero-order chi connectivity index (χ0) is 15.7. The average molecular weight is 296 g/mol. The molecule has 0 unspecified atom stereocenters. The molecule has 0 atom stereocenters. The Kier molecular flexibility index (Phi) is 6.82. The fraction of sp³-hybridized carbons (Fsp3) is 0.385. The van der Waals surface area contributed by atoms with Crippen molar-refractivity contribution in [2.24, 2.45) is 0 Å². The Labute approximate surface area is 121 Å². The van der Waals surface area contributed by atoms with Gasteiger partial charge in [0, 0.05) is 31.9 Å². The molecule has 0 aliphatic heterocycles. The SMILES string of the molecule is COCCCNC(=O)COc1cc(C=O)ccc1[N+](=O)[O-]. The second-order valence-electron chi connectivity index (χ2n) is 4.09. The van der Waals surface area contributed by atoms with Gasteiger partial charge in [0.15, 0.2) is 12.4 Å². The molecule has 0 aliphatic rings. The van der Waals surface area contributed by atoms with Crippen LogP contribution in [0.15, 0.2) is 18.2 Å². The van der Waals surface area contributed by atoms with Crippen LogP contribution in [0, 0.1) is 10.1 Å². The molecule has 0 heterocycles. The van der Waals surface area contributed by atoms with E-state index < -0.39 is 10.8 Å². The maximum absolute atomic E-state index is 11.5. The third kappa shape index (κ3) is 5.57. The van der Waals surface area contributed by atoms with Gasteiger partial charge in [-0.25, -0.2) is 0 Å². The van der Waals surface area contributed by atoms with Crippen molar-refractivity contribution in [1.29, 1.82) is 0 Å². The molecule has 0 radical (unpaired) electrons. The predicted molar refractivity (Wildman–Crippen MR) is 73.5 cm³/mol. The second kappa shape index (κ2) is 8.64. The number of benzene rings is 1. The van der Waals surface area contributed by atoms with E-state index in [1.807, 2.05) is 0 Å². The molecule has 114 valence electrons. The minimum absolute atomic E-state index is 0.114. The number of hydrogen-bond donors (Lipinski definition) is 1. The number of hydrogen-bond acceptors (Lipinski definition) is 6. The summed E-state index contributed by atoms with van der Waals surface area (Å²) in [5, 5.41) is 13.4. The van der Waals surface area contributed by atoms with Crippen LogP contribution in [-0.2, 0) is 9.53 Å². The zero-order valence-electron chi connectivity index (χ0n) is 11.5. The normalized spacial score (nSPS) is 9.95. The molecular formula is C13H16N2O6. The summed E-state index contributed by atoms with van der Waals surface area (Å²) in [5.41, 5.74) is -0.0658. The highest BCUT2D eigenvalue weighted by atomic mass is 16.6. The van der Waals surface area contributed by atoms with Crippen molar-refractivity contribution < 1.29 is 24.0 Å². The number of carbonyl (C=O) groups excluding carboxylic acids is 2. The number of aldehydes is 1. The van der Waals surface area contributed by atoms with Crippen molar-refractivity contribution in [2.45, 2.75) is 6.42 Å². The molecule has 1 amide bonds. The third-order valence-electron chi connectivity index (χ3n) is 2.52. The second-order valence-corrected chi connectivity index (χ2v) is 4.09. The monoisotopic (exact) mass is 296 g/mol. The average Bonchev–Trinajstić information content (AvgIpc) is 2.49. The summed E-state index contributed by atoms with van der Waals surface area (Å²) in [4.78, 5) is 32.4. The molecule has 0 saturated heterocycles. The van der Waals surface area contributed by atoms with Crippen molar-refractivity contribution in [3.63, 3.8) is 0 Å². The summed E-state index contributed by atoms with van der Waals surface area (Å²) in [6.07, 6.45) is 1.20. The van der Waals surface area contributed by atoms with E-state index in [9.17, 15) is 19.7 Å². The predicted octanol–water partition coefficient (Wildman–Crippen LogP) is 0.939. The van der Waals surface area contributed by atoms with Gasteiger partial charge in [-0.3, -0.25) is 19.7 Å². The topological polar surface area (TPSA) is 108 Å².